The van der Waals surface area contributed by atoms with E-state index in [1.54, 1.807) is 6.92 Å². The van der Waals surface area contributed by atoms with Crippen molar-refractivity contribution in [3.05, 3.63) is 0 Å². The van der Waals surface area contributed by atoms with Gasteiger partial charge in [0.25, 0.3) is 0 Å². The Balaban J connectivity index is 1.64. The van der Waals surface area contributed by atoms with Crippen LogP contribution >= 0.6 is 0 Å². The van der Waals surface area contributed by atoms with Gasteiger partial charge in [0.15, 0.2) is 6.29 Å². The highest BCUT2D eigenvalue weighted by Gasteiger charge is 2.44. The number of likely N-dealkylation sites (tertiary alicyclic amines) is 1. The summed E-state index contributed by atoms with van der Waals surface area (Å²) in [6.45, 7) is 4.54. The first kappa shape index (κ1) is 34.3. The zero-order valence-corrected chi connectivity index (χ0v) is 23.7. The SMILES string of the molecule is CC[C@@H](O)[C@@H](O)[C@H](COC1OC(CO)C(O)C(O)C1O)NC(=O)CCCCCCCCCCN1CCCCC1. The number of nitrogens with zero attached hydrogens (tertiary/aromatic N) is 1. The molecule has 0 aliphatic carbocycles. The molecule has 2 aliphatic heterocycles. The van der Waals surface area contributed by atoms with Crippen LogP contribution in [-0.4, -0.2) is 123 Å². The Labute approximate surface area is 233 Å². The lowest BCUT2D eigenvalue weighted by molar-refractivity contribution is -0.303. The molecule has 0 aromatic rings. The predicted molar refractivity (Wildman–Crippen MR) is 146 cm³/mol. The molecule has 7 N–H and O–H groups in total. The third-order valence-electron chi connectivity index (χ3n) is 7.94. The van der Waals surface area contributed by atoms with E-state index in [-0.39, 0.29) is 25.4 Å². The monoisotopic (exact) mass is 562 g/mol. The highest BCUT2D eigenvalue weighted by molar-refractivity contribution is 5.76. The minimum Gasteiger partial charge on any atom is -0.394 e. The van der Waals surface area contributed by atoms with Crippen molar-refractivity contribution >= 4 is 5.91 Å². The quantitative estimate of drug-likeness (QED) is 0.109. The number of carbonyl (C=O) groups is 1. The number of nitrogens with one attached hydrogen (secondary N) is 1. The van der Waals surface area contributed by atoms with Crippen molar-refractivity contribution in [2.45, 2.75) is 139 Å². The summed E-state index contributed by atoms with van der Waals surface area (Å²) >= 11 is 0. The number of amides is 1. The molecule has 39 heavy (non-hydrogen) atoms. The van der Waals surface area contributed by atoms with E-state index in [0.717, 1.165) is 19.3 Å². The molecule has 0 aromatic carbocycles. The summed E-state index contributed by atoms with van der Waals surface area (Å²) < 4.78 is 10.8. The van der Waals surface area contributed by atoms with E-state index >= 15 is 0 Å². The number of hydrogen-bond donors (Lipinski definition) is 7. The average Bonchev–Trinajstić information content (AvgIpc) is 2.95. The van der Waals surface area contributed by atoms with Crippen LogP contribution in [0.4, 0.5) is 0 Å². The van der Waals surface area contributed by atoms with Crippen LogP contribution in [0.5, 0.6) is 0 Å². The predicted octanol–water partition coefficient (Wildman–Crippen LogP) is 0.416. The summed E-state index contributed by atoms with van der Waals surface area (Å²) in [5, 5.41) is 62.7. The zero-order valence-electron chi connectivity index (χ0n) is 23.7. The number of ether oxygens (including phenoxy) is 2. The molecule has 2 saturated heterocycles. The minimum atomic E-state index is -1.60. The van der Waals surface area contributed by atoms with Crippen molar-refractivity contribution in [2.75, 3.05) is 32.8 Å². The summed E-state index contributed by atoms with van der Waals surface area (Å²) in [5.74, 6) is -0.280. The Bertz CT molecular complexity index is 651. The third kappa shape index (κ3) is 12.2. The number of piperidine rings is 1. The molecule has 0 spiro atoms. The first-order valence-electron chi connectivity index (χ1n) is 15.1. The molecule has 230 valence electrons. The topological polar surface area (TPSA) is 172 Å². The van der Waals surface area contributed by atoms with Gasteiger partial charge in [0, 0.05) is 6.42 Å². The van der Waals surface area contributed by atoms with Gasteiger partial charge in [0.05, 0.1) is 25.4 Å². The number of aliphatic hydroxyl groups excluding tert-OH is 6. The summed E-state index contributed by atoms with van der Waals surface area (Å²) in [7, 11) is 0. The van der Waals surface area contributed by atoms with E-state index in [0.29, 0.717) is 6.42 Å². The molecular weight excluding hydrogens is 508 g/mol. The first-order valence-corrected chi connectivity index (χ1v) is 15.1. The smallest absolute Gasteiger partial charge is 0.220 e. The standard InChI is InChI=1S/C28H54N2O9/c1-2-21(32)24(34)20(19-38-28-27(37)26(36)25(35)22(18-31)39-28)29-23(33)14-10-7-5-3-4-6-8-11-15-30-16-12-9-13-17-30/h20-22,24-28,31-32,34-37H,2-19H2,1H3,(H,29,33)/t20-,21+,22?,24-,25?,26?,27?,28?/m0/s1. The van der Waals surface area contributed by atoms with Crippen molar-refractivity contribution in [2.24, 2.45) is 0 Å². The van der Waals surface area contributed by atoms with Crippen LogP contribution in [0, 0.1) is 0 Å². The minimum absolute atomic E-state index is 0.256. The van der Waals surface area contributed by atoms with Gasteiger partial charge in [-0.15, -0.1) is 0 Å². The lowest BCUT2D eigenvalue weighted by atomic mass is 9.99. The van der Waals surface area contributed by atoms with Gasteiger partial charge in [0.2, 0.25) is 5.91 Å². The van der Waals surface area contributed by atoms with Crippen molar-refractivity contribution in [1.29, 1.82) is 0 Å². The molecule has 0 aromatic heterocycles. The Kier molecular flexibility index (Phi) is 17.0. The second kappa shape index (κ2) is 19.3. The second-order valence-electron chi connectivity index (χ2n) is 11.2. The van der Waals surface area contributed by atoms with E-state index in [1.807, 2.05) is 0 Å². The molecule has 0 saturated carbocycles. The Hall–Kier alpha value is -0.890. The molecule has 5 unspecified atom stereocenters. The highest BCUT2D eigenvalue weighted by Crippen LogP contribution is 2.22. The molecule has 2 heterocycles. The Morgan fingerprint density at radius 1 is 0.923 bits per heavy atom. The number of carbonyl (C=O) groups excluding carboxylic acids is 1. The molecule has 11 nitrogen and oxygen atoms in total. The Morgan fingerprint density at radius 2 is 1.54 bits per heavy atom. The zero-order chi connectivity index (χ0) is 28.6. The number of unbranched alkanes of at least 4 members (excludes halogenated alkanes) is 7. The first-order chi connectivity index (χ1) is 18.8. The van der Waals surface area contributed by atoms with Gasteiger partial charge in [-0.05, 0) is 51.7 Å². The molecule has 0 radical (unpaired) electrons. The lowest BCUT2D eigenvalue weighted by Gasteiger charge is -2.40. The molecular formula is C28H54N2O9. The summed E-state index contributed by atoms with van der Waals surface area (Å²) in [4.78, 5) is 15.2. The maximum atomic E-state index is 12.6. The number of hydrogen-bond acceptors (Lipinski definition) is 10. The van der Waals surface area contributed by atoms with E-state index in [1.165, 1.54) is 64.6 Å². The molecule has 11 heteroatoms. The number of rotatable bonds is 19. The van der Waals surface area contributed by atoms with Gasteiger partial charge in [-0.2, -0.15) is 0 Å². The van der Waals surface area contributed by atoms with Crippen LogP contribution in [0.1, 0.15) is 90.4 Å². The second-order valence-corrected chi connectivity index (χ2v) is 11.2. The summed E-state index contributed by atoms with van der Waals surface area (Å²) in [5.41, 5.74) is 0. The number of aliphatic hydroxyl groups is 6. The highest BCUT2D eigenvalue weighted by atomic mass is 16.7. The largest absolute Gasteiger partial charge is 0.394 e. The third-order valence-corrected chi connectivity index (χ3v) is 7.94. The maximum Gasteiger partial charge on any atom is 0.220 e. The van der Waals surface area contributed by atoms with Crippen LogP contribution < -0.4 is 5.32 Å². The van der Waals surface area contributed by atoms with E-state index in [4.69, 9.17) is 9.47 Å². The van der Waals surface area contributed by atoms with E-state index in [2.05, 4.69) is 10.2 Å². The van der Waals surface area contributed by atoms with Gasteiger partial charge in [-0.3, -0.25) is 4.79 Å². The van der Waals surface area contributed by atoms with Gasteiger partial charge >= 0.3 is 0 Å². The van der Waals surface area contributed by atoms with Crippen molar-refractivity contribution in [3.8, 4) is 0 Å². The van der Waals surface area contributed by atoms with Gasteiger partial charge in [0.1, 0.15) is 30.5 Å². The molecule has 2 aliphatic rings. The van der Waals surface area contributed by atoms with Crippen LogP contribution in [0.3, 0.4) is 0 Å². The normalized spacial score (nSPS) is 28.6. The maximum absolute atomic E-state index is 12.6. The van der Waals surface area contributed by atoms with Gasteiger partial charge in [-0.25, -0.2) is 0 Å². The molecule has 2 fully saturated rings. The molecule has 2 rings (SSSR count). The fourth-order valence-electron chi connectivity index (χ4n) is 5.28. The van der Waals surface area contributed by atoms with Crippen LogP contribution in [-0.2, 0) is 14.3 Å². The molecule has 8 atom stereocenters. The van der Waals surface area contributed by atoms with Crippen molar-refractivity contribution < 1.29 is 44.9 Å². The van der Waals surface area contributed by atoms with Crippen molar-refractivity contribution in [1.82, 2.24) is 10.2 Å². The molecule has 0 bridgehead atoms. The Morgan fingerprint density at radius 3 is 2.15 bits per heavy atom. The summed E-state index contributed by atoms with van der Waals surface area (Å²) in [6.07, 6.45) is 3.84. The van der Waals surface area contributed by atoms with E-state index in [9.17, 15) is 35.4 Å². The average molecular weight is 563 g/mol. The lowest BCUT2D eigenvalue weighted by Crippen LogP contribution is -2.60. The van der Waals surface area contributed by atoms with Crippen molar-refractivity contribution in [3.63, 3.8) is 0 Å². The van der Waals surface area contributed by atoms with Crippen LogP contribution in [0.2, 0.25) is 0 Å². The fraction of sp³-hybridized carbons (Fsp3) is 0.964. The van der Waals surface area contributed by atoms with Crippen LogP contribution in [0.15, 0.2) is 0 Å². The molecule has 1 amide bonds. The van der Waals surface area contributed by atoms with Gasteiger partial charge < -0.3 is 50.3 Å². The fourth-order valence-corrected chi connectivity index (χ4v) is 5.28. The van der Waals surface area contributed by atoms with Gasteiger partial charge in [-0.1, -0.05) is 51.9 Å². The van der Waals surface area contributed by atoms with Crippen LogP contribution in [0.25, 0.3) is 0 Å². The van der Waals surface area contributed by atoms with E-state index < -0.39 is 55.6 Å². The summed E-state index contributed by atoms with van der Waals surface area (Å²) in [6, 6.07) is -0.982.